The molecule has 94 valence electrons. The van der Waals surface area contributed by atoms with Gasteiger partial charge in [-0.3, -0.25) is 4.98 Å². The molecule has 1 heterocycles. The first-order chi connectivity index (χ1) is 7.81. The second-order valence-corrected chi connectivity index (χ2v) is 6.34. The predicted molar refractivity (Wildman–Crippen MR) is 67.4 cm³/mol. The Hall–Kier alpha value is -0.960. The molecule has 0 bridgehead atoms. The molecule has 2 nitrogen and oxygen atoms in total. The van der Waals surface area contributed by atoms with Gasteiger partial charge in [0.25, 0.3) is 0 Å². The standard InChI is InChI=1S/C14H21FN2/c1-13(2,3)17-8-11-6-14(11,4)10-5-12(15)9-16-7-10/h5,7,9,11,17H,6,8H2,1-4H3. The van der Waals surface area contributed by atoms with Crippen molar-refractivity contribution in [2.75, 3.05) is 6.54 Å². The first-order valence-corrected chi connectivity index (χ1v) is 6.17. The third-order valence-electron chi connectivity index (χ3n) is 3.65. The van der Waals surface area contributed by atoms with Gasteiger partial charge in [-0.1, -0.05) is 6.92 Å². The van der Waals surface area contributed by atoms with Crippen LogP contribution in [0.1, 0.15) is 39.7 Å². The molecule has 17 heavy (non-hydrogen) atoms. The summed E-state index contributed by atoms with van der Waals surface area (Å²) in [6, 6.07) is 1.62. The van der Waals surface area contributed by atoms with E-state index in [1.165, 1.54) is 6.20 Å². The van der Waals surface area contributed by atoms with Gasteiger partial charge in [0, 0.05) is 11.7 Å². The molecule has 1 aliphatic carbocycles. The molecule has 2 rings (SSSR count). The number of hydrogen-bond donors (Lipinski definition) is 1. The monoisotopic (exact) mass is 236 g/mol. The van der Waals surface area contributed by atoms with Crippen LogP contribution in [0.2, 0.25) is 0 Å². The summed E-state index contributed by atoms with van der Waals surface area (Å²) in [6.07, 6.45) is 4.17. The largest absolute Gasteiger partial charge is 0.312 e. The molecule has 1 saturated carbocycles. The van der Waals surface area contributed by atoms with Gasteiger partial charge in [0.15, 0.2) is 0 Å². The lowest BCUT2D eigenvalue weighted by Gasteiger charge is -2.21. The minimum absolute atomic E-state index is 0.105. The highest BCUT2D eigenvalue weighted by Gasteiger charge is 2.51. The number of aromatic nitrogens is 1. The molecular formula is C14H21FN2. The quantitative estimate of drug-likeness (QED) is 0.873. The van der Waals surface area contributed by atoms with E-state index in [-0.39, 0.29) is 16.8 Å². The third-order valence-corrected chi connectivity index (χ3v) is 3.65. The highest BCUT2D eigenvalue weighted by atomic mass is 19.1. The van der Waals surface area contributed by atoms with Crippen LogP contribution in [-0.2, 0) is 5.41 Å². The van der Waals surface area contributed by atoms with Crippen LogP contribution in [0.4, 0.5) is 4.39 Å². The van der Waals surface area contributed by atoms with E-state index in [4.69, 9.17) is 0 Å². The predicted octanol–water partition coefficient (Wildman–Crippen LogP) is 2.89. The zero-order valence-electron chi connectivity index (χ0n) is 11.0. The van der Waals surface area contributed by atoms with Crippen molar-refractivity contribution in [3.63, 3.8) is 0 Å². The highest BCUT2D eigenvalue weighted by molar-refractivity contribution is 5.30. The number of rotatable bonds is 3. The summed E-state index contributed by atoms with van der Waals surface area (Å²) in [6.45, 7) is 9.67. The van der Waals surface area contributed by atoms with Gasteiger partial charge in [-0.05, 0) is 56.7 Å². The Morgan fingerprint density at radius 3 is 2.76 bits per heavy atom. The maximum atomic E-state index is 13.1. The fourth-order valence-corrected chi connectivity index (χ4v) is 2.26. The van der Waals surface area contributed by atoms with E-state index in [2.05, 4.69) is 38.0 Å². The van der Waals surface area contributed by atoms with Crippen LogP contribution in [0.25, 0.3) is 0 Å². The van der Waals surface area contributed by atoms with E-state index in [1.54, 1.807) is 12.3 Å². The maximum Gasteiger partial charge on any atom is 0.141 e. The Kier molecular flexibility index (Phi) is 2.98. The molecule has 2 unspecified atom stereocenters. The molecule has 0 spiro atoms. The van der Waals surface area contributed by atoms with Crippen molar-refractivity contribution in [1.82, 2.24) is 10.3 Å². The van der Waals surface area contributed by atoms with Gasteiger partial charge in [-0.25, -0.2) is 4.39 Å². The van der Waals surface area contributed by atoms with Crippen molar-refractivity contribution < 1.29 is 4.39 Å². The molecule has 1 aliphatic rings. The Balaban J connectivity index is 2.00. The van der Waals surface area contributed by atoms with E-state index in [9.17, 15) is 4.39 Å². The number of nitrogens with zero attached hydrogens (tertiary/aromatic N) is 1. The third kappa shape index (κ3) is 2.83. The van der Waals surface area contributed by atoms with E-state index in [1.807, 2.05) is 0 Å². The van der Waals surface area contributed by atoms with Gasteiger partial charge in [0.1, 0.15) is 5.82 Å². The summed E-state index contributed by atoms with van der Waals surface area (Å²) in [4.78, 5) is 3.94. The lowest BCUT2D eigenvalue weighted by Crippen LogP contribution is -2.37. The summed E-state index contributed by atoms with van der Waals surface area (Å²) in [7, 11) is 0. The molecule has 0 radical (unpaired) electrons. The summed E-state index contributed by atoms with van der Waals surface area (Å²) in [5.41, 5.74) is 1.27. The van der Waals surface area contributed by atoms with Gasteiger partial charge in [0.2, 0.25) is 0 Å². The average Bonchev–Trinajstić information content (AvgIpc) is 2.88. The summed E-state index contributed by atoms with van der Waals surface area (Å²) in [5.74, 6) is 0.350. The van der Waals surface area contributed by atoms with Crippen LogP contribution in [0, 0.1) is 11.7 Å². The Bertz CT molecular complexity index is 411. The Morgan fingerprint density at radius 2 is 2.18 bits per heavy atom. The van der Waals surface area contributed by atoms with Crippen LogP contribution < -0.4 is 5.32 Å². The molecule has 0 aliphatic heterocycles. The van der Waals surface area contributed by atoms with E-state index >= 15 is 0 Å². The smallest absolute Gasteiger partial charge is 0.141 e. The molecule has 2 atom stereocenters. The lowest BCUT2D eigenvalue weighted by molar-refractivity contribution is 0.406. The van der Waals surface area contributed by atoms with Crippen LogP contribution >= 0.6 is 0 Å². The Morgan fingerprint density at radius 1 is 1.47 bits per heavy atom. The van der Waals surface area contributed by atoms with Crippen molar-refractivity contribution in [1.29, 1.82) is 0 Å². The van der Waals surface area contributed by atoms with Gasteiger partial charge in [-0.2, -0.15) is 0 Å². The number of pyridine rings is 1. The van der Waals surface area contributed by atoms with Crippen molar-refractivity contribution in [3.8, 4) is 0 Å². The van der Waals surface area contributed by atoms with Crippen molar-refractivity contribution >= 4 is 0 Å². The molecule has 1 aromatic rings. The SMILES string of the molecule is CC(C)(C)NCC1CC1(C)c1cncc(F)c1. The van der Waals surface area contributed by atoms with E-state index in [0.717, 1.165) is 18.5 Å². The molecule has 3 heteroatoms. The van der Waals surface area contributed by atoms with Crippen molar-refractivity contribution in [2.45, 2.75) is 45.1 Å². The summed E-state index contributed by atoms with van der Waals surface area (Å²) in [5, 5.41) is 3.51. The molecule has 0 amide bonds. The molecule has 0 saturated heterocycles. The zero-order chi connectivity index (χ0) is 12.7. The maximum absolute atomic E-state index is 13.1. The minimum atomic E-state index is -0.238. The van der Waals surface area contributed by atoms with Gasteiger partial charge in [0.05, 0.1) is 6.20 Å². The molecule has 0 aromatic carbocycles. The number of halogens is 1. The second kappa shape index (κ2) is 4.05. The number of hydrogen-bond acceptors (Lipinski definition) is 2. The van der Waals surface area contributed by atoms with E-state index < -0.39 is 0 Å². The molecule has 1 aromatic heterocycles. The summed E-state index contributed by atoms with van der Waals surface area (Å²) >= 11 is 0. The fraction of sp³-hybridized carbons (Fsp3) is 0.643. The van der Waals surface area contributed by atoms with Gasteiger partial charge < -0.3 is 5.32 Å². The van der Waals surface area contributed by atoms with Gasteiger partial charge >= 0.3 is 0 Å². The molecule has 1 N–H and O–H groups in total. The summed E-state index contributed by atoms with van der Waals surface area (Å²) < 4.78 is 13.1. The highest BCUT2D eigenvalue weighted by Crippen LogP contribution is 2.53. The van der Waals surface area contributed by atoms with Gasteiger partial charge in [-0.15, -0.1) is 0 Å². The first-order valence-electron chi connectivity index (χ1n) is 6.17. The van der Waals surface area contributed by atoms with Crippen LogP contribution in [-0.4, -0.2) is 17.1 Å². The van der Waals surface area contributed by atoms with Crippen LogP contribution in [0.15, 0.2) is 18.5 Å². The van der Waals surface area contributed by atoms with Crippen molar-refractivity contribution in [3.05, 3.63) is 29.8 Å². The molecular weight excluding hydrogens is 215 g/mol. The lowest BCUT2D eigenvalue weighted by atomic mass is 9.97. The average molecular weight is 236 g/mol. The second-order valence-electron chi connectivity index (χ2n) is 6.34. The van der Waals surface area contributed by atoms with Crippen molar-refractivity contribution in [2.24, 2.45) is 5.92 Å². The Labute approximate surface area is 103 Å². The zero-order valence-corrected chi connectivity index (χ0v) is 11.0. The first kappa shape index (κ1) is 12.5. The van der Waals surface area contributed by atoms with E-state index in [0.29, 0.717) is 5.92 Å². The number of nitrogens with one attached hydrogen (secondary N) is 1. The van der Waals surface area contributed by atoms with Crippen LogP contribution in [0.5, 0.6) is 0 Å². The molecule has 1 fully saturated rings. The van der Waals surface area contributed by atoms with Crippen LogP contribution in [0.3, 0.4) is 0 Å². The topological polar surface area (TPSA) is 24.9 Å². The fourth-order valence-electron chi connectivity index (χ4n) is 2.26. The minimum Gasteiger partial charge on any atom is -0.312 e. The normalized spacial score (nSPS) is 28.2.